The Morgan fingerprint density at radius 3 is 2.78 bits per heavy atom. The first-order chi connectivity index (χ1) is 8.60. The third-order valence-electron chi connectivity index (χ3n) is 2.55. The third kappa shape index (κ3) is 2.76. The van der Waals surface area contributed by atoms with Crippen molar-refractivity contribution in [2.24, 2.45) is 0 Å². The lowest BCUT2D eigenvalue weighted by atomic mass is 10.3. The summed E-state index contributed by atoms with van der Waals surface area (Å²) in [6.45, 7) is 4.59. The Kier molecular flexibility index (Phi) is 3.76. The molecular formula is C12H16N4OS. The number of aryl methyl sites for hydroxylation is 2. The van der Waals surface area contributed by atoms with Crippen LogP contribution in [0.2, 0.25) is 0 Å². The van der Waals surface area contributed by atoms with Crippen LogP contribution in [0.4, 0.5) is 5.82 Å². The molecule has 0 radical (unpaired) electrons. The number of ether oxygens (including phenoxy) is 1. The molecule has 0 bridgehead atoms. The Labute approximate surface area is 111 Å². The van der Waals surface area contributed by atoms with E-state index >= 15 is 0 Å². The molecule has 0 aliphatic heterocycles. The van der Waals surface area contributed by atoms with E-state index in [4.69, 9.17) is 4.74 Å². The summed E-state index contributed by atoms with van der Waals surface area (Å²) in [6, 6.07) is 1.97. The van der Waals surface area contributed by atoms with Crippen molar-refractivity contribution in [2.45, 2.75) is 20.4 Å². The van der Waals surface area contributed by atoms with Gasteiger partial charge in [0.1, 0.15) is 11.6 Å². The Balaban J connectivity index is 2.19. The number of rotatable bonds is 4. The molecule has 2 rings (SSSR count). The van der Waals surface area contributed by atoms with Gasteiger partial charge in [0.25, 0.3) is 0 Å². The maximum Gasteiger partial charge on any atom is 0.229 e. The Bertz CT molecular complexity index is 520. The minimum absolute atomic E-state index is 0.689. The van der Waals surface area contributed by atoms with Gasteiger partial charge in [-0.05, 0) is 25.4 Å². The van der Waals surface area contributed by atoms with Gasteiger partial charge in [0.2, 0.25) is 5.88 Å². The van der Waals surface area contributed by atoms with Crippen LogP contribution in [0.5, 0.6) is 5.88 Å². The highest BCUT2D eigenvalue weighted by Gasteiger charge is 2.11. The summed E-state index contributed by atoms with van der Waals surface area (Å²) in [5.41, 5.74) is 2.04. The van der Waals surface area contributed by atoms with E-state index in [1.54, 1.807) is 7.11 Å². The average molecular weight is 264 g/mol. The van der Waals surface area contributed by atoms with E-state index < -0.39 is 0 Å². The molecule has 5 nitrogen and oxygen atoms in total. The zero-order chi connectivity index (χ0) is 13.1. The highest BCUT2D eigenvalue weighted by atomic mass is 32.1. The molecule has 96 valence electrons. The van der Waals surface area contributed by atoms with Crippen LogP contribution in [0.1, 0.15) is 17.1 Å². The Hall–Kier alpha value is -1.69. The lowest BCUT2D eigenvalue weighted by molar-refractivity contribution is 0.397. The molecule has 0 amide bonds. The number of methoxy groups -OCH3 is 1. The summed E-state index contributed by atoms with van der Waals surface area (Å²) in [7, 11) is 3.63. The molecular weight excluding hydrogens is 248 g/mol. The van der Waals surface area contributed by atoms with E-state index in [0.717, 1.165) is 29.4 Å². The average Bonchev–Trinajstić information content (AvgIpc) is 2.75. The number of aromatic nitrogens is 3. The molecule has 0 spiro atoms. The fourth-order valence-electron chi connectivity index (χ4n) is 1.75. The molecule has 0 aliphatic carbocycles. The van der Waals surface area contributed by atoms with Gasteiger partial charge in [-0.15, -0.1) is 0 Å². The molecule has 6 heteroatoms. The van der Waals surface area contributed by atoms with Gasteiger partial charge >= 0.3 is 0 Å². The fraction of sp³-hybridized carbons (Fsp3) is 0.417. The minimum Gasteiger partial charge on any atom is -0.480 e. The topological polar surface area (TPSA) is 51.1 Å². The van der Waals surface area contributed by atoms with E-state index in [0.29, 0.717) is 5.88 Å². The molecule has 0 saturated carbocycles. The second-order valence-corrected chi connectivity index (χ2v) is 4.75. The smallest absolute Gasteiger partial charge is 0.229 e. The van der Waals surface area contributed by atoms with Crippen molar-refractivity contribution in [3.05, 3.63) is 28.5 Å². The van der Waals surface area contributed by atoms with Gasteiger partial charge in [-0.3, -0.25) is 0 Å². The number of hydrogen-bond donors (Lipinski definition) is 0. The second kappa shape index (κ2) is 5.30. The van der Waals surface area contributed by atoms with Crippen molar-refractivity contribution < 1.29 is 4.74 Å². The summed E-state index contributed by atoms with van der Waals surface area (Å²) < 4.78 is 9.39. The molecule has 18 heavy (non-hydrogen) atoms. The summed E-state index contributed by atoms with van der Waals surface area (Å²) in [5.74, 6) is 2.38. The van der Waals surface area contributed by atoms with Crippen molar-refractivity contribution in [2.75, 3.05) is 19.1 Å². The van der Waals surface area contributed by atoms with Gasteiger partial charge in [-0.1, -0.05) is 0 Å². The van der Waals surface area contributed by atoms with Crippen LogP contribution in [-0.4, -0.2) is 28.5 Å². The zero-order valence-corrected chi connectivity index (χ0v) is 11.8. The summed E-state index contributed by atoms with van der Waals surface area (Å²) in [6.07, 6.45) is 0. The van der Waals surface area contributed by atoms with Crippen LogP contribution in [0.15, 0.2) is 11.4 Å². The van der Waals surface area contributed by atoms with Gasteiger partial charge in [0, 0.05) is 29.8 Å². The molecule has 2 aromatic rings. The first kappa shape index (κ1) is 12.8. The van der Waals surface area contributed by atoms with Crippen LogP contribution < -0.4 is 9.64 Å². The highest BCUT2D eigenvalue weighted by molar-refractivity contribution is 7.03. The first-order valence-corrected chi connectivity index (χ1v) is 6.44. The van der Waals surface area contributed by atoms with Crippen molar-refractivity contribution in [1.82, 2.24) is 14.3 Å². The lowest BCUT2D eigenvalue weighted by Gasteiger charge is -2.18. The molecule has 0 N–H and O–H groups in total. The van der Waals surface area contributed by atoms with Crippen LogP contribution in [0.25, 0.3) is 0 Å². The number of nitrogens with zero attached hydrogens (tertiary/aromatic N) is 4. The fourth-order valence-corrected chi connectivity index (χ4v) is 2.39. The SMILES string of the molecule is COc1nscc1CN(C)c1cc(C)nc(C)n1. The molecule has 0 fully saturated rings. The maximum absolute atomic E-state index is 5.21. The monoisotopic (exact) mass is 264 g/mol. The first-order valence-electron chi connectivity index (χ1n) is 5.61. The highest BCUT2D eigenvalue weighted by Crippen LogP contribution is 2.22. The van der Waals surface area contributed by atoms with E-state index in [1.165, 1.54) is 11.5 Å². The molecule has 0 unspecified atom stereocenters. The maximum atomic E-state index is 5.21. The van der Waals surface area contributed by atoms with Gasteiger partial charge in [-0.2, -0.15) is 4.37 Å². The van der Waals surface area contributed by atoms with Crippen molar-refractivity contribution in [3.8, 4) is 5.88 Å². The summed E-state index contributed by atoms with van der Waals surface area (Å²) in [4.78, 5) is 10.8. The Morgan fingerprint density at radius 2 is 2.11 bits per heavy atom. The van der Waals surface area contributed by atoms with Crippen LogP contribution in [-0.2, 0) is 6.54 Å². The molecule has 0 aliphatic rings. The summed E-state index contributed by atoms with van der Waals surface area (Å²) in [5, 5.41) is 2.00. The van der Waals surface area contributed by atoms with Crippen LogP contribution >= 0.6 is 11.5 Å². The predicted molar refractivity (Wildman–Crippen MR) is 72.3 cm³/mol. The van der Waals surface area contributed by atoms with E-state index in [1.807, 2.05) is 32.3 Å². The van der Waals surface area contributed by atoms with Crippen LogP contribution in [0, 0.1) is 13.8 Å². The predicted octanol–water partition coefficient (Wildman–Crippen LogP) is 2.19. The van der Waals surface area contributed by atoms with Gasteiger partial charge in [-0.25, -0.2) is 9.97 Å². The largest absolute Gasteiger partial charge is 0.480 e. The van der Waals surface area contributed by atoms with E-state index in [9.17, 15) is 0 Å². The lowest BCUT2D eigenvalue weighted by Crippen LogP contribution is -2.18. The van der Waals surface area contributed by atoms with Crippen LogP contribution in [0.3, 0.4) is 0 Å². The second-order valence-electron chi connectivity index (χ2n) is 4.12. The molecule has 0 atom stereocenters. The Morgan fingerprint density at radius 1 is 1.33 bits per heavy atom. The van der Waals surface area contributed by atoms with Gasteiger partial charge in [0.05, 0.1) is 13.7 Å². The summed E-state index contributed by atoms with van der Waals surface area (Å²) >= 11 is 1.40. The molecule has 2 aromatic heterocycles. The van der Waals surface area contributed by atoms with Crippen molar-refractivity contribution in [1.29, 1.82) is 0 Å². The van der Waals surface area contributed by atoms with E-state index in [2.05, 4.69) is 19.2 Å². The minimum atomic E-state index is 0.689. The molecule has 0 aromatic carbocycles. The zero-order valence-electron chi connectivity index (χ0n) is 11.0. The van der Waals surface area contributed by atoms with Crippen molar-refractivity contribution >= 4 is 17.4 Å². The quantitative estimate of drug-likeness (QED) is 0.847. The molecule has 2 heterocycles. The molecule has 0 saturated heterocycles. The van der Waals surface area contributed by atoms with Gasteiger partial charge in [0.15, 0.2) is 0 Å². The number of hydrogen-bond acceptors (Lipinski definition) is 6. The number of anilines is 1. The standard InChI is InChI=1S/C12H16N4OS/c1-8-5-11(14-9(2)13-8)16(3)6-10-7-18-15-12(10)17-4/h5,7H,6H2,1-4H3. The van der Waals surface area contributed by atoms with E-state index in [-0.39, 0.29) is 0 Å². The van der Waals surface area contributed by atoms with Gasteiger partial charge < -0.3 is 9.64 Å². The normalized spacial score (nSPS) is 10.4. The van der Waals surface area contributed by atoms with Crippen molar-refractivity contribution in [3.63, 3.8) is 0 Å². The third-order valence-corrected chi connectivity index (χ3v) is 3.21.